The van der Waals surface area contributed by atoms with Gasteiger partial charge >= 0.3 is 5.97 Å². The van der Waals surface area contributed by atoms with Gasteiger partial charge in [-0.05, 0) is 19.1 Å². The fourth-order valence-corrected chi connectivity index (χ4v) is 0.725. The third-order valence-corrected chi connectivity index (χ3v) is 1.39. The zero-order chi connectivity index (χ0) is 10.8. The predicted octanol–water partition coefficient (Wildman–Crippen LogP) is 2.48. The van der Waals surface area contributed by atoms with Gasteiger partial charge in [0.1, 0.15) is 4.64 Å². The Morgan fingerprint density at radius 3 is 2.64 bits per heavy atom. The van der Waals surface area contributed by atoms with Crippen LogP contribution in [-0.4, -0.2) is 17.6 Å². The van der Waals surface area contributed by atoms with Crippen molar-refractivity contribution in [2.45, 2.75) is 6.92 Å². The molecule has 0 aliphatic carbocycles. The Hall–Kier alpha value is -1.42. The van der Waals surface area contributed by atoms with E-state index in [0.29, 0.717) is 6.61 Å². The summed E-state index contributed by atoms with van der Waals surface area (Å²) in [6, 6.07) is 5.64. The summed E-state index contributed by atoms with van der Waals surface area (Å²) in [7, 11) is 0. The molecule has 1 aromatic rings. The third kappa shape index (κ3) is 7.24. The maximum absolute atomic E-state index is 10.1. The molecule has 0 unspecified atom stereocenters. The summed E-state index contributed by atoms with van der Waals surface area (Å²) >= 11 is 4.76. The molecule has 0 spiro atoms. The number of carbonyl (C=O) groups excluding carboxylic acids is 1. The number of aromatic nitrogens is 1. The molecule has 0 aliphatic rings. The lowest BCUT2D eigenvalue weighted by atomic mass is 10.5. The Morgan fingerprint density at radius 1 is 1.71 bits per heavy atom. The average molecular weight is 211 g/mol. The minimum absolute atomic E-state index is 0.359. The van der Waals surface area contributed by atoms with E-state index in [4.69, 9.17) is 12.2 Å². The van der Waals surface area contributed by atoms with Crippen LogP contribution in [-0.2, 0) is 9.53 Å². The van der Waals surface area contributed by atoms with E-state index in [0.717, 1.165) is 10.7 Å². The van der Waals surface area contributed by atoms with Gasteiger partial charge in [-0.1, -0.05) is 24.9 Å². The number of H-pyrrole nitrogens is 1. The standard InChI is InChI=1S/C5H5NS.C5H8O2/c7-5-3-1-2-4-6-5;1-3-5(6)7-4-2/h1-4H,(H,6,7);3H,1,4H2,2H3. The molecule has 0 saturated carbocycles. The second-order valence-electron chi connectivity index (χ2n) is 2.18. The lowest BCUT2D eigenvalue weighted by molar-refractivity contribution is -0.137. The fourth-order valence-electron chi connectivity index (χ4n) is 0.578. The molecule has 0 amide bonds. The minimum Gasteiger partial charge on any atom is -0.463 e. The molecule has 0 saturated heterocycles. The number of ether oxygens (including phenoxy) is 1. The predicted molar refractivity (Wildman–Crippen MR) is 58.5 cm³/mol. The van der Waals surface area contributed by atoms with Crippen LogP contribution in [0.25, 0.3) is 0 Å². The number of hydrogen-bond acceptors (Lipinski definition) is 3. The van der Waals surface area contributed by atoms with Crippen LogP contribution in [0.15, 0.2) is 37.1 Å². The van der Waals surface area contributed by atoms with Crippen LogP contribution in [0.3, 0.4) is 0 Å². The normalized spacial score (nSPS) is 8.07. The Labute approximate surface area is 88.4 Å². The van der Waals surface area contributed by atoms with Crippen molar-refractivity contribution >= 4 is 18.2 Å². The highest BCUT2D eigenvalue weighted by molar-refractivity contribution is 7.71. The van der Waals surface area contributed by atoms with Crippen LogP contribution in [0.5, 0.6) is 0 Å². The van der Waals surface area contributed by atoms with Crippen LogP contribution in [0.2, 0.25) is 0 Å². The zero-order valence-corrected chi connectivity index (χ0v) is 8.84. The van der Waals surface area contributed by atoms with E-state index in [-0.39, 0.29) is 5.97 Å². The molecule has 1 N–H and O–H groups in total. The monoisotopic (exact) mass is 211 g/mol. The number of carbonyl (C=O) groups is 1. The van der Waals surface area contributed by atoms with Gasteiger partial charge in [0.2, 0.25) is 0 Å². The summed E-state index contributed by atoms with van der Waals surface area (Å²) in [6.45, 7) is 5.38. The summed E-state index contributed by atoms with van der Waals surface area (Å²) < 4.78 is 5.21. The van der Waals surface area contributed by atoms with E-state index in [9.17, 15) is 4.79 Å². The molecule has 0 aliphatic heterocycles. The van der Waals surface area contributed by atoms with Crippen LogP contribution >= 0.6 is 12.2 Å². The number of aromatic amines is 1. The van der Waals surface area contributed by atoms with Crippen molar-refractivity contribution < 1.29 is 9.53 Å². The van der Waals surface area contributed by atoms with Crippen LogP contribution in [0.4, 0.5) is 0 Å². The first kappa shape index (κ1) is 12.6. The number of hydrogen-bond donors (Lipinski definition) is 1. The Bertz CT molecular complexity index is 315. The van der Waals surface area contributed by atoms with Gasteiger partial charge in [-0.2, -0.15) is 0 Å². The van der Waals surface area contributed by atoms with Gasteiger partial charge < -0.3 is 9.72 Å². The highest BCUT2D eigenvalue weighted by Gasteiger charge is 1.86. The molecule has 0 aromatic carbocycles. The quantitative estimate of drug-likeness (QED) is 0.464. The maximum atomic E-state index is 10.1. The molecule has 4 heteroatoms. The molecule has 0 atom stereocenters. The van der Waals surface area contributed by atoms with Crippen molar-refractivity contribution in [1.29, 1.82) is 0 Å². The summed E-state index contributed by atoms with van der Waals surface area (Å²) in [5.74, 6) is -0.359. The summed E-state index contributed by atoms with van der Waals surface area (Å²) in [4.78, 5) is 12.9. The van der Waals surface area contributed by atoms with E-state index < -0.39 is 0 Å². The van der Waals surface area contributed by atoms with E-state index in [1.54, 1.807) is 6.92 Å². The summed E-state index contributed by atoms with van der Waals surface area (Å²) in [5.41, 5.74) is 0. The van der Waals surface area contributed by atoms with E-state index in [1.807, 2.05) is 24.4 Å². The maximum Gasteiger partial charge on any atom is 0.330 e. The van der Waals surface area contributed by atoms with Crippen LogP contribution in [0.1, 0.15) is 6.92 Å². The molecule has 1 rings (SSSR count). The van der Waals surface area contributed by atoms with Gasteiger partial charge in [0.25, 0.3) is 0 Å². The molecule has 3 nitrogen and oxygen atoms in total. The van der Waals surface area contributed by atoms with Gasteiger partial charge in [-0.3, -0.25) is 0 Å². The Kier molecular flexibility index (Phi) is 7.36. The fraction of sp³-hybridized carbons (Fsp3) is 0.200. The van der Waals surface area contributed by atoms with Crippen molar-refractivity contribution in [3.63, 3.8) is 0 Å². The Balaban J connectivity index is 0.000000241. The molecule has 76 valence electrons. The van der Waals surface area contributed by atoms with E-state index >= 15 is 0 Å². The summed E-state index contributed by atoms with van der Waals surface area (Å²) in [5, 5.41) is 0. The van der Waals surface area contributed by atoms with Crippen molar-refractivity contribution in [3.8, 4) is 0 Å². The second kappa shape index (κ2) is 8.19. The second-order valence-corrected chi connectivity index (χ2v) is 2.62. The number of nitrogens with one attached hydrogen (secondary N) is 1. The van der Waals surface area contributed by atoms with Gasteiger partial charge in [-0.25, -0.2) is 4.79 Å². The zero-order valence-electron chi connectivity index (χ0n) is 8.03. The minimum atomic E-state index is -0.359. The molecule has 0 fully saturated rings. The first-order valence-corrected chi connectivity index (χ1v) is 4.54. The molecule has 1 heterocycles. The van der Waals surface area contributed by atoms with Crippen molar-refractivity contribution in [2.75, 3.05) is 6.61 Å². The van der Waals surface area contributed by atoms with Gasteiger partial charge in [0.15, 0.2) is 0 Å². The first-order valence-electron chi connectivity index (χ1n) is 4.13. The van der Waals surface area contributed by atoms with Crippen molar-refractivity contribution in [3.05, 3.63) is 41.7 Å². The number of pyridine rings is 1. The lowest BCUT2D eigenvalue weighted by Crippen LogP contribution is -1.97. The highest BCUT2D eigenvalue weighted by atomic mass is 32.1. The molecule has 0 radical (unpaired) electrons. The van der Waals surface area contributed by atoms with E-state index in [1.165, 1.54) is 0 Å². The largest absolute Gasteiger partial charge is 0.463 e. The topological polar surface area (TPSA) is 42.1 Å². The first-order chi connectivity index (χ1) is 6.70. The van der Waals surface area contributed by atoms with Crippen molar-refractivity contribution in [2.24, 2.45) is 0 Å². The SMILES string of the molecule is C=CC(=O)OCC.S=c1cccc[nH]1. The lowest BCUT2D eigenvalue weighted by Gasteiger charge is -1.90. The molecule has 14 heavy (non-hydrogen) atoms. The molecular weight excluding hydrogens is 198 g/mol. The molecule has 1 aromatic heterocycles. The van der Waals surface area contributed by atoms with Crippen LogP contribution < -0.4 is 0 Å². The molecular formula is C10H13NO2S. The van der Waals surface area contributed by atoms with Gasteiger partial charge in [0, 0.05) is 12.3 Å². The number of esters is 1. The third-order valence-electron chi connectivity index (χ3n) is 1.13. The van der Waals surface area contributed by atoms with Crippen molar-refractivity contribution in [1.82, 2.24) is 4.98 Å². The van der Waals surface area contributed by atoms with Gasteiger partial charge in [0.05, 0.1) is 6.61 Å². The Morgan fingerprint density at radius 2 is 2.43 bits per heavy atom. The smallest absolute Gasteiger partial charge is 0.330 e. The van der Waals surface area contributed by atoms with Gasteiger partial charge in [-0.15, -0.1) is 0 Å². The number of rotatable bonds is 2. The van der Waals surface area contributed by atoms with Crippen LogP contribution in [0, 0.1) is 4.64 Å². The molecule has 0 bridgehead atoms. The van der Waals surface area contributed by atoms with E-state index in [2.05, 4.69) is 16.3 Å². The summed E-state index contributed by atoms with van der Waals surface area (Å²) in [6.07, 6.45) is 2.95. The average Bonchev–Trinajstić information content (AvgIpc) is 2.20. The highest BCUT2D eigenvalue weighted by Crippen LogP contribution is 1.80.